The highest BCUT2D eigenvalue weighted by atomic mass is 16.6. The molecule has 26 heavy (non-hydrogen) atoms. The van der Waals surface area contributed by atoms with Gasteiger partial charge in [0.25, 0.3) is 6.02 Å². The van der Waals surface area contributed by atoms with Crippen molar-refractivity contribution < 1.29 is 9.47 Å². The number of amidine groups is 1. The van der Waals surface area contributed by atoms with Crippen molar-refractivity contribution in [3.63, 3.8) is 0 Å². The Morgan fingerprint density at radius 3 is 2.15 bits per heavy atom. The van der Waals surface area contributed by atoms with E-state index >= 15 is 0 Å². The fourth-order valence-electron chi connectivity index (χ4n) is 2.85. The lowest BCUT2D eigenvalue weighted by Gasteiger charge is -2.15. The van der Waals surface area contributed by atoms with Crippen LogP contribution in [0.15, 0.2) is 96.0 Å². The maximum Gasteiger partial charge on any atom is 0.297 e. The minimum atomic E-state index is -0.0853. The van der Waals surface area contributed by atoms with Gasteiger partial charge in [0.15, 0.2) is 6.10 Å². The summed E-state index contributed by atoms with van der Waals surface area (Å²) < 4.78 is 12.0. The molecular formula is C22H20N2O2. The normalized spacial score (nSPS) is 17.9. The molecule has 4 nitrogen and oxygen atoms in total. The first-order valence-electron chi connectivity index (χ1n) is 8.69. The molecule has 0 amide bonds. The van der Waals surface area contributed by atoms with E-state index in [-0.39, 0.29) is 6.10 Å². The SMILES string of the molecule is c1ccc(N=C2O[C@H](COc3ccccc3)CN2c2ccccc2)cc1. The summed E-state index contributed by atoms with van der Waals surface area (Å²) in [5.41, 5.74) is 1.93. The Morgan fingerprint density at radius 1 is 0.846 bits per heavy atom. The van der Waals surface area contributed by atoms with E-state index in [0.717, 1.165) is 17.1 Å². The Labute approximate surface area is 153 Å². The second kappa shape index (κ2) is 7.74. The van der Waals surface area contributed by atoms with E-state index in [9.17, 15) is 0 Å². The number of para-hydroxylation sites is 3. The molecule has 0 spiro atoms. The van der Waals surface area contributed by atoms with Gasteiger partial charge in [0.05, 0.1) is 12.2 Å². The van der Waals surface area contributed by atoms with Crippen molar-refractivity contribution in [2.75, 3.05) is 18.1 Å². The molecule has 4 heteroatoms. The third-order valence-electron chi connectivity index (χ3n) is 4.12. The van der Waals surface area contributed by atoms with Crippen molar-refractivity contribution in [2.24, 2.45) is 4.99 Å². The molecule has 1 heterocycles. The molecule has 0 radical (unpaired) electrons. The molecule has 0 N–H and O–H groups in total. The Hall–Kier alpha value is -3.27. The van der Waals surface area contributed by atoms with Crippen LogP contribution in [-0.4, -0.2) is 25.3 Å². The van der Waals surface area contributed by atoms with E-state index in [0.29, 0.717) is 19.2 Å². The molecule has 1 saturated heterocycles. The largest absolute Gasteiger partial charge is 0.490 e. The van der Waals surface area contributed by atoms with Gasteiger partial charge in [0.2, 0.25) is 0 Å². The maximum atomic E-state index is 6.11. The summed E-state index contributed by atoms with van der Waals surface area (Å²) in [7, 11) is 0. The topological polar surface area (TPSA) is 34.1 Å². The van der Waals surface area contributed by atoms with Crippen molar-refractivity contribution in [1.82, 2.24) is 0 Å². The van der Waals surface area contributed by atoms with Gasteiger partial charge in [0.1, 0.15) is 12.4 Å². The second-order valence-corrected chi connectivity index (χ2v) is 6.04. The molecule has 3 aromatic rings. The zero-order valence-corrected chi connectivity index (χ0v) is 14.4. The highest BCUT2D eigenvalue weighted by Gasteiger charge is 2.31. The van der Waals surface area contributed by atoms with E-state index in [1.54, 1.807) is 0 Å². The fraction of sp³-hybridized carbons (Fsp3) is 0.136. The van der Waals surface area contributed by atoms with E-state index in [4.69, 9.17) is 9.47 Å². The van der Waals surface area contributed by atoms with Crippen LogP contribution in [0.5, 0.6) is 5.75 Å². The summed E-state index contributed by atoms with van der Waals surface area (Å²) in [4.78, 5) is 6.78. The number of rotatable bonds is 5. The van der Waals surface area contributed by atoms with Gasteiger partial charge in [-0.1, -0.05) is 54.6 Å². The summed E-state index contributed by atoms with van der Waals surface area (Å²) >= 11 is 0. The maximum absolute atomic E-state index is 6.11. The van der Waals surface area contributed by atoms with Gasteiger partial charge in [-0.25, -0.2) is 0 Å². The molecule has 0 aliphatic carbocycles. The molecule has 130 valence electrons. The van der Waals surface area contributed by atoms with Crippen molar-refractivity contribution in [2.45, 2.75) is 6.10 Å². The molecule has 1 aliphatic rings. The van der Waals surface area contributed by atoms with Gasteiger partial charge in [-0.15, -0.1) is 0 Å². The molecule has 1 fully saturated rings. The highest BCUT2D eigenvalue weighted by Crippen LogP contribution is 2.24. The van der Waals surface area contributed by atoms with Crippen molar-refractivity contribution in [3.8, 4) is 5.75 Å². The van der Waals surface area contributed by atoms with Crippen molar-refractivity contribution >= 4 is 17.4 Å². The minimum absolute atomic E-state index is 0.0853. The van der Waals surface area contributed by atoms with Crippen LogP contribution in [0.1, 0.15) is 0 Å². The van der Waals surface area contributed by atoms with Gasteiger partial charge >= 0.3 is 0 Å². The minimum Gasteiger partial charge on any atom is -0.490 e. The predicted molar refractivity (Wildman–Crippen MR) is 104 cm³/mol. The smallest absolute Gasteiger partial charge is 0.297 e. The standard InChI is InChI=1S/C22H20N2O2/c1-4-10-18(11-5-1)23-22-24(19-12-6-2-7-13-19)16-21(26-22)17-25-20-14-8-3-9-15-20/h1-15,21H,16-17H2/t21-/m0/s1. The molecule has 3 aromatic carbocycles. The summed E-state index contributed by atoms with van der Waals surface area (Å²) in [6.07, 6.45) is -0.0853. The average Bonchev–Trinajstić information content (AvgIpc) is 3.11. The number of benzene rings is 3. The van der Waals surface area contributed by atoms with E-state index in [2.05, 4.69) is 22.0 Å². The van der Waals surface area contributed by atoms with Gasteiger partial charge in [-0.2, -0.15) is 4.99 Å². The average molecular weight is 344 g/mol. The lowest BCUT2D eigenvalue weighted by Crippen LogP contribution is -2.27. The van der Waals surface area contributed by atoms with Crippen LogP contribution in [0.2, 0.25) is 0 Å². The number of aliphatic imine (C=N–C) groups is 1. The van der Waals surface area contributed by atoms with Crippen LogP contribution in [-0.2, 0) is 4.74 Å². The Morgan fingerprint density at radius 2 is 1.46 bits per heavy atom. The Bertz CT molecular complexity index is 851. The van der Waals surface area contributed by atoms with Crippen LogP contribution in [0.25, 0.3) is 0 Å². The summed E-state index contributed by atoms with van der Waals surface area (Å²) in [6.45, 7) is 1.17. The number of anilines is 1. The number of hydrogen-bond donors (Lipinski definition) is 0. The van der Waals surface area contributed by atoms with Crippen molar-refractivity contribution in [1.29, 1.82) is 0 Å². The molecule has 4 rings (SSSR count). The van der Waals surface area contributed by atoms with Crippen LogP contribution < -0.4 is 9.64 Å². The molecule has 1 atom stereocenters. The molecule has 0 bridgehead atoms. The molecule has 0 unspecified atom stereocenters. The first-order chi connectivity index (χ1) is 12.9. The fourth-order valence-corrected chi connectivity index (χ4v) is 2.85. The molecule has 0 aromatic heterocycles. The number of ether oxygens (including phenoxy) is 2. The number of hydrogen-bond acceptors (Lipinski definition) is 3. The summed E-state index contributed by atoms with van der Waals surface area (Å²) in [6, 6.07) is 30.4. The highest BCUT2D eigenvalue weighted by molar-refractivity contribution is 5.95. The first-order valence-corrected chi connectivity index (χ1v) is 8.69. The summed E-state index contributed by atoms with van der Waals surface area (Å²) in [5.74, 6) is 0.843. The zero-order chi connectivity index (χ0) is 17.6. The van der Waals surface area contributed by atoms with E-state index < -0.39 is 0 Å². The van der Waals surface area contributed by atoms with E-state index in [1.807, 2.05) is 78.9 Å². The third-order valence-corrected chi connectivity index (χ3v) is 4.12. The molecule has 1 aliphatic heterocycles. The van der Waals surface area contributed by atoms with Gasteiger partial charge in [0, 0.05) is 5.69 Å². The molecular weight excluding hydrogens is 324 g/mol. The Kier molecular flexibility index (Phi) is 4.83. The first kappa shape index (κ1) is 16.2. The van der Waals surface area contributed by atoms with Crippen molar-refractivity contribution in [3.05, 3.63) is 91.0 Å². The van der Waals surface area contributed by atoms with Crippen LogP contribution in [0.4, 0.5) is 11.4 Å². The lowest BCUT2D eigenvalue weighted by atomic mass is 10.3. The van der Waals surface area contributed by atoms with Gasteiger partial charge in [-0.05, 0) is 36.4 Å². The second-order valence-electron chi connectivity index (χ2n) is 6.04. The van der Waals surface area contributed by atoms with Crippen LogP contribution in [0.3, 0.4) is 0 Å². The van der Waals surface area contributed by atoms with Gasteiger partial charge < -0.3 is 9.47 Å². The molecule has 0 saturated carbocycles. The van der Waals surface area contributed by atoms with Crippen LogP contribution in [0, 0.1) is 0 Å². The predicted octanol–water partition coefficient (Wildman–Crippen LogP) is 4.66. The van der Waals surface area contributed by atoms with E-state index in [1.165, 1.54) is 0 Å². The Balaban J connectivity index is 1.53. The lowest BCUT2D eigenvalue weighted by molar-refractivity contribution is 0.147. The van der Waals surface area contributed by atoms with Gasteiger partial charge in [-0.3, -0.25) is 4.90 Å². The zero-order valence-electron chi connectivity index (χ0n) is 14.4. The quantitative estimate of drug-likeness (QED) is 0.675. The number of nitrogens with zero attached hydrogens (tertiary/aromatic N) is 2. The monoisotopic (exact) mass is 344 g/mol. The summed E-state index contributed by atoms with van der Waals surface area (Å²) in [5, 5.41) is 0. The third kappa shape index (κ3) is 3.86. The van der Waals surface area contributed by atoms with Crippen LogP contribution >= 0.6 is 0 Å².